The van der Waals surface area contributed by atoms with E-state index in [0.29, 0.717) is 6.61 Å². The molecule has 0 saturated carbocycles. The van der Waals surface area contributed by atoms with E-state index in [9.17, 15) is 5.11 Å². The third kappa shape index (κ3) is 3.11. The van der Waals surface area contributed by atoms with Gasteiger partial charge in [-0.3, -0.25) is 4.90 Å². The number of hydrogen-bond acceptors (Lipinski definition) is 3. The summed E-state index contributed by atoms with van der Waals surface area (Å²) in [6, 6.07) is 14.5. The Morgan fingerprint density at radius 1 is 1.20 bits per heavy atom. The van der Waals surface area contributed by atoms with Crippen molar-refractivity contribution in [1.29, 1.82) is 0 Å². The number of fused-ring (bicyclic) bond motifs is 1. The summed E-state index contributed by atoms with van der Waals surface area (Å²) in [6.45, 7) is 5.12. The van der Waals surface area contributed by atoms with Gasteiger partial charge in [-0.15, -0.1) is 0 Å². The maximum Gasteiger partial charge on any atom is 0.120 e. The molecule has 0 aromatic heterocycles. The van der Waals surface area contributed by atoms with Crippen LogP contribution in [0.3, 0.4) is 0 Å². The number of hydrogen-bond donors (Lipinski definition) is 1. The van der Waals surface area contributed by atoms with Crippen LogP contribution >= 0.6 is 0 Å². The van der Waals surface area contributed by atoms with E-state index >= 15 is 0 Å². The van der Waals surface area contributed by atoms with Crippen LogP contribution in [0.15, 0.2) is 42.5 Å². The number of likely N-dealkylation sites (tertiary alicyclic amines) is 1. The van der Waals surface area contributed by atoms with E-state index in [4.69, 9.17) is 4.74 Å². The molecule has 3 rings (SSSR count). The van der Waals surface area contributed by atoms with E-state index < -0.39 is 5.60 Å². The van der Waals surface area contributed by atoms with Gasteiger partial charge in [0.2, 0.25) is 0 Å². The van der Waals surface area contributed by atoms with E-state index in [1.54, 1.807) is 0 Å². The fourth-order valence-corrected chi connectivity index (χ4v) is 2.78. The topological polar surface area (TPSA) is 32.7 Å². The first kappa shape index (κ1) is 13.4. The molecule has 3 nitrogen and oxygen atoms in total. The quantitative estimate of drug-likeness (QED) is 0.928. The number of benzene rings is 2. The zero-order valence-corrected chi connectivity index (χ0v) is 11.9. The highest BCUT2D eigenvalue weighted by Crippen LogP contribution is 2.22. The zero-order chi connectivity index (χ0) is 14.0. The molecule has 106 valence electrons. The van der Waals surface area contributed by atoms with Gasteiger partial charge in [0, 0.05) is 19.6 Å². The summed E-state index contributed by atoms with van der Waals surface area (Å²) >= 11 is 0. The van der Waals surface area contributed by atoms with Crippen LogP contribution in [0.1, 0.15) is 13.3 Å². The van der Waals surface area contributed by atoms with Gasteiger partial charge in [-0.05, 0) is 36.2 Å². The summed E-state index contributed by atoms with van der Waals surface area (Å²) in [5.41, 5.74) is -0.525. The van der Waals surface area contributed by atoms with Crippen molar-refractivity contribution >= 4 is 10.8 Å². The number of rotatable bonds is 4. The van der Waals surface area contributed by atoms with E-state index in [1.165, 1.54) is 10.8 Å². The fourth-order valence-electron chi connectivity index (χ4n) is 2.78. The van der Waals surface area contributed by atoms with Gasteiger partial charge in [-0.2, -0.15) is 0 Å². The van der Waals surface area contributed by atoms with Crippen LogP contribution in [0.4, 0.5) is 0 Å². The summed E-state index contributed by atoms with van der Waals surface area (Å²) in [7, 11) is 0. The highest BCUT2D eigenvalue weighted by Gasteiger charge is 2.30. The predicted molar refractivity (Wildman–Crippen MR) is 81.1 cm³/mol. The monoisotopic (exact) mass is 271 g/mol. The van der Waals surface area contributed by atoms with Crippen LogP contribution in [-0.2, 0) is 0 Å². The molecule has 0 aliphatic carbocycles. The molecule has 0 radical (unpaired) electrons. The van der Waals surface area contributed by atoms with Crippen molar-refractivity contribution in [3.05, 3.63) is 42.5 Å². The summed E-state index contributed by atoms with van der Waals surface area (Å²) in [6.07, 6.45) is 0.850. The Labute approximate surface area is 119 Å². The maximum atomic E-state index is 9.92. The van der Waals surface area contributed by atoms with Crippen molar-refractivity contribution in [1.82, 2.24) is 4.90 Å². The molecule has 0 amide bonds. The van der Waals surface area contributed by atoms with Gasteiger partial charge in [0.15, 0.2) is 0 Å². The maximum absolute atomic E-state index is 9.92. The molecule has 1 atom stereocenters. The van der Waals surface area contributed by atoms with E-state index in [1.807, 2.05) is 25.1 Å². The van der Waals surface area contributed by atoms with E-state index in [-0.39, 0.29) is 0 Å². The van der Waals surface area contributed by atoms with Gasteiger partial charge in [-0.1, -0.05) is 30.3 Å². The van der Waals surface area contributed by atoms with Crippen LogP contribution in [0.5, 0.6) is 5.75 Å². The first-order valence-electron chi connectivity index (χ1n) is 7.19. The molecule has 1 saturated heterocycles. The molecule has 20 heavy (non-hydrogen) atoms. The number of ether oxygens (including phenoxy) is 1. The van der Waals surface area contributed by atoms with Gasteiger partial charge < -0.3 is 9.84 Å². The largest absolute Gasteiger partial charge is 0.492 e. The van der Waals surface area contributed by atoms with Crippen LogP contribution < -0.4 is 4.74 Å². The number of nitrogens with zero attached hydrogens (tertiary/aromatic N) is 1. The number of β-amino-alcohol motifs (C(OH)–C–C–N with tert-alkyl or cyclic N) is 1. The summed E-state index contributed by atoms with van der Waals surface area (Å²) in [5.74, 6) is 0.912. The van der Waals surface area contributed by atoms with Crippen LogP contribution in [0.25, 0.3) is 10.8 Å². The lowest BCUT2D eigenvalue weighted by Gasteiger charge is -2.18. The van der Waals surface area contributed by atoms with E-state index in [2.05, 4.69) is 29.2 Å². The lowest BCUT2D eigenvalue weighted by molar-refractivity contribution is 0.0670. The fraction of sp³-hybridized carbons (Fsp3) is 0.412. The Kier molecular flexibility index (Phi) is 3.64. The molecule has 1 N–H and O–H groups in total. The van der Waals surface area contributed by atoms with Gasteiger partial charge in [0.1, 0.15) is 12.4 Å². The van der Waals surface area contributed by atoms with Crippen molar-refractivity contribution in [2.45, 2.75) is 18.9 Å². The van der Waals surface area contributed by atoms with Crippen molar-refractivity contribution < 1.29 is 9.84 Å². The van der Waals surface area contributed by atoms with Gasteiger partial charge in [-0.25, -0.2) is 0 Å². The highest BCUT2D eigenvalue weighted by molar-refractivity contribution is 5.83. The summed E-state index contributed by atoms with van der Waals surface area (Å²) in [4.78, 5) is 2.25. The smallest absolute Gasteiger partial charge is 0.120 e. The molecular weight excluding hydrogens is 250 g/mol. The average molecular weight is 271 g/mol. The normalized spacial score (nSPS) is 23.3. The van der Waals surface area contributed by atoms with Crippen molar-refractivity contribution in [3.63, 3.8) is 0 Å². The van der Waals surface area contributed by atoms with Crippen LogP contribution in [-0.4, -0.2) is 41.8 Å². The Morgan fingerprint density at radius 2 is 2.00 bits per heavy atom. The predicted octanol–water partition coefficient (Wildman–Crippen LogP) is 2.68. The van der Waals surface area contributed by atoms with Crippen LogP contribution in [0.2, 0.25) is 0 Å². The molecule has 0 spiro atoms. The molecule has 2 aromatic carbocycles. The molecule has 1 aliphatic rings. The third-order valence-corrected chi connectivity index (χ3v) is 3.93. The Hall–Kier alpha value is -1.58. The Balaban J connectivity index is 1.55. The second kappa shape index (κ2) is 5.43. The minimum Gasteiger partial charge on any atom is -0.492 e. The zero-order valence-electron chi connectivity index (χ0n) is 11.9. The van der Waals surface area contributed by atoms with Gasteiger partial charge in [0.25, 0.3) is 0 Å². The highest BCUT2D eigenvalue weighted by atomic mass is 16.5. The van der Waals surface area contributed by atoms with Crippen molar-refractivity contribution in [2.24, 2.45) is 0 Å². The number of aliphatic hydroxyl groups is 1. The lowest BCUT2D eigenvalue weighted by atomic mass is 10.1. The molecule has 1 aliphatic heterocycles. The second-order valence-corrected chi connectivity index (χ2v) is 5.88. The molecule has 2 aromatic rings. The van der Waals surface area contributed by atoms with E-state index in [0.717, 1.165) is 31.8 Å². The molecular formula is C17H21NO2. The van der Waals surface area contributed by atoms with Crippen molar-refractivity contribution in [3.8, 4) is 5.75 Å². The van der Waals surface area contributed by atoms with Gasteiger partial charge >= 0.3 is 0 Å². The first-order valence-corrected chi connectivity index (χ1v) is 7.19. The second-order valence-electron chi connectivity index (χ2n) is 5.88. The molecule has 3 heteroatoms. The van der Waals surface area contributed by atoms with Gasteiger partial charge in [0.05, 0.1) is 5.60 Å². The molecule has 1 fully saturated rings. The Morgan fingerprint density at radius 3 is 2.75 bits per heavy atom. The minimum absolute atomic E-state index is 0.525. The standard InChI is InChI=1S/C17H21NO2/c1-17(19)8-9-18(13-17)10-11-20-16-7-6-14-4-2-3-5-15(14)12-16/h2-7,12,19H,8-11,13H2,1H3. The summed E-state index contributed by atoms with van der Waals surface area (Å²) < 4.78 is 5.82. The molecule has 0 bridgehead atoms. The van der Waals surface area contributed by atoms with Crippen LogP contribution in [0, 0.1) is 0 Å². The first-order chi connectivity index (χ1) is 9.62. The Bertz CT molecular complexity index is 594. The molecule has 1 unspecified atom stereocenters. The SMILES string of the molecule is CC1(O)CCN(CCOc2ccc3ccccc3c2)C1. The molecule has 1 heterocycles. The lowest BCUT2D eigenvalue weighted by Crippen LogP contribution is -2.32. The third-order valence-electron chi connectivity index (χ3n) is 3.93. The average Bonchev–Trinajstić information content (AvgIpc) is 2.78. The van der Waals surface area contributed by atoms with Crippen molar-refractivity contribution in [2.75, 3.05) is 26.2 Å². The summed E-state index contributed by atoms with van der Waals surface area (Å²) in [5, 5.41) is 12.4. The minimum atomic E-state index is -0.525.